The molecule has 0 saturated carbocycles. The number of hydrogen-bond donors (Lipinski definition) is 0. The van der Waals surface area contributed by atoms with Gasteiger partial charge < -0.3 is 14.2 Å². The van der Waals surface area contributed by atoms with Crippen molar-refractivity contribution in [1.29, 1.82) is 0 Å². The predicted octanol–water partition coefficient (Wildman–Crippen LogP) is 18.9. The Morgan fingerprint density at radius 1 is 0.304 bits per heavy atom. The Hall–Kier alpha value is -4.19. The van der Waals surface area contributed by atoms with Crippen LogP contribution in [0.2, 0.25) is 0 Å². The molecule has 0 saturated heterocycles. The lowest BCUT2D eigenvalue weighted by Crippen LogP contribution is -2.30. The van der Waals surface area contributed by atoms with Crippen LogP contribution in [0.1, 0.15) is 239 Å². The van der Waals surface area contributed by atoms with Crippen molar-refractivity contribution in [3.63, 3.8) is 0 Å². The third-order valence-electron chi connectivity index (χ3n) is 11.6. The highest BCUT2D eigenvalue weighted by Crippen LogP contribution is 2.13. The zero-order valence-corrected chi connectivity index (χ0v) is 44.5. The molecule has 1 unspecified atom stereocenters. The van der Waals surface area contributed by atoms with Gasteiger partial charge in [0.2, 0.25) is 0 Å². The Labute approximate surface area is 424 Å². The van der Waals surface area contributed by atoms with Gasteiger partial charge in [0.05, 0.1) is 0 Å². The van der Waals surface area contributed by atoms with E-state index in [0.29, 0.717) is 19.3 Å². The second kappa shape index (κ2) is 56.4. The van der Waals surface area contributed by atoms with E-state index in [1.165, 1.54) is 64.2 Å². The summed E-state index contributed by atoms with van der Waals surface area (Å²) in [5.74, 6) is -0.972. The summed E-state index contributed by atoms with van der Waals surface area (Å²) in [6.07, 6.45) is 77.5. The number of carbonyl (C=O) groups excluding carboxylic acids is 3. The van der Waals surface area contributed by atoms with Gasteiger partial charge in [0.1, 0.15) is 13.2 Å². The van der Waals surface area contributed by atoms with E-state index >= 15 is 0 Å². The first-order valence-electron chi connectivity index (χ1n) is 28.2. The molecular weight excluding hydrogens is 853 g/mol. The van der Waals surface area contributed by atoms with Crippen LogP contribution in [0.25, 0.3) is 0 Å². The SMILES string of the molecule is CC\C=C/C=C\C=C/C=C\CCCCCCCC(=O)OCC(COC(=O)CCCCCCC\C=C/C=C\C=C/CCCCCCC)OC(=O)CCCCCCC\C=C/C=C\C=C/CCCCCCC. The summed E-state index contributed by atoms with van der Waals surface area (Å²) in [6.45, 7) is 6.41. The maximum atomic E-state index is 12.9. The summed E-state index contributed by atoms with van der Waals surface area (Å²) in [7, 11) is 0. The van der Waals surface area contributed by atoms with Crippen molar-refractivity contribution in [2.24, 2.45) is 0 Å². The van der Waals surface area contributed by atoms with Crippen molar-refractivity contribution in [2.45, 2.75) is 245 Å². The van der Waals surface area contributed by atoms with Crippen molar-refractivity contribution < 1.29 is 28.6 Å². The van der Waals surface area contributed by atoms with E-state index in [9.17, 15) is 14.4 Å². The number of allylic oxidation sites excluding steroid dienone is 20. The lowest BCUT2D eigenvalue weighted by molar-refractivity contribution is -0.167. The van der Waals surface area contributed by atoms with Crippen LogP contribution >= 0.6 is 0 Å². The Morgan fingerprint density at radius 2 is 0.565 bits per heavy atom. The minimum atomic E-state index is -0.812. The number of hydrogen-bond acceptors (Lipinski definition) is 6. The van der Waals surface area contributed by atoms with Crippen LogP contribution in [0, 0.1) is 0 Å². The number of rotatable bonds is 49. The van der Waals surface area contributed by atoms with Gasteiger partial charge in [0.25, 0.3) is 0 Å². The summed E-state index contributed by atoms with van der Waals surface area (Å²) in [5, 5.41) is 0. The maximum Gasteiger partial charge on any atom is 0.306 e. The van der Waals surface area contributed by atoms with Crippen molar-refractivity contribution in [2.75, 3.05) is 13.2 Å². The molecule has 6 heteroatoms. The van der Waals surface area contributed by atoms with Gasteiger partial charge in [-0.15, -0.1) is 0 Å². The Bertz CT molecular complexity index is 1470. The zero-order chi connectivity index (χ0) is 50.0. The van der Waals surface area contributed by atoms with Crippen LogP contribution < -0.4 is 0 Å². The summed E-state index contributed by atoms with van der Waals surface area (Å²) in [6, 6.07) is 0. The number of esters is 3. The van der Waals surface area contributed by atoms with Crippen molar-refractivity contribution in [3.05, 3.63) is 122 Å². The zero-order valence-electron chi connectivity index (χ0n) is 44.5. The van der Waals surface area contributed by atoms with Crippen LogP contribution in [-0.4, -0.2) is 37.2 Å². The van der Waals surface area contributed by atoms with Gasteiger partial charge in [-0.25, -0.2) is 0 Å². The highest BCUT2D eigenvalue weighted by molar-refractivity contribution is 5.71. The molecule has 0 aromatic carbocycles. The first-order valence-corrected chi connectivity index (χ1v) is 28.2. The molecule has 0 fully saturated rings. The highest BCUT2D eigenvalue weighted by Gasteiger charge is 2.19. The molecule has 0 radical (unpaired) electrons. The largest absolute Gasteiger partial charge is 0.462 e. The molecule has 0 bridgehead atoms. The normalized spacial score (nSPS) is 13.0. The third-order valence-corrected chi connectivity index (χ3v) is 11.6. The molecule has 69 heavy (non-hydrogen) atoms. The van der Waals surface area contributed by atoms with E-state index in [1.54, 1.807) is 0 Å². The molecule has 0 heterocycles. The Balaban J connectivity index is 4.53. The van der Waals surface area contributed by atoms with Crippen LogP contribution in [0.3, 0.4) is 0 Å². The van der Waals surface area contributed by atoms with E-state index < -0.39 is 6.10 Å². The van der Waals surface area contributed by atoms with E-state index in [1.807, 2.05) is 18.2 Å². The third kappa shape index (κ3) is 54.6. The van der Waals surface area contributed by atoms with Crippen molar-refractivity contribution in [3.8, 4) is 0 Å². The van der Waals surface area contributed by atoms with E-state index in [-0.39, 0.29) is 31.1 Å². The molecule has 6 nitrogen and oxygen atoms in total. The van der Waals surface area contributed by atoms with Gasteiger partial charge in [-0.2, -0.15) is 0 Å². The average Bonchev–Trinajstić information content (AvgIpc) is 3.35. The number of ether oxygens (including phenoxy) is 3. The van der Waals surface area contributed by atoms with Gasteiger partial charge >= 0.3 is 17.9 Å². The lowest BCUT2D eigenvalue weighted by Gasteiger charge is -2.18. The molecule has 0 aliphatic heterocycles. The minimum Gasteiger partial charge on any atom is -0.462 e. The maximum absolute atomic E-state index is 12.9. The second-order valence-corrected chi connectivity index (χ2v) is 18.3. The summed E-state index contributed by atoms with van der Waals surface area (Å²) >= 11 is 0. The van der Waals surface area contributed by atoms with Crippen LogP contribution in [0.4, 0.5) is 0 Å². The van der Waals surface area contributed by atoms with Gasteiger partial charge in [-0.05, 0) is 89.9 Å². The summed E-state index contributed by atoms with van der Waals surface area (Å²) in [5.41, 5.74) is 0. The van der Waals surface area contributed by atoms with Crippen molar-refractivity contribution >= 4 is 17.9 Å². The smallest absolute Gasteiger partial charge is 0.306 e. The van der Waals surface area contributed by atoms with E-state index in [2.05, 4.69) is 124 Å². The van der Waals surface area contributed by atoms with Gasteiger partial charge in [0.15, 0.2) is 6.10 Å². The first-order chi connectivity index (χ1) is 34.0. The molecule has 0 rings (SSSR count). The average molecular weight is 956 g/mol. The molecule has 390 valence electrons. The molecule has 0 spiro atoms. The van der Waals surface area contributed by atoms with Gasteiger partial charge in [0, 0.05) is 19.3 Å². The first kappa shape index (κ1) is 64.8. The summed E-state index contributed by atoms with van der Waals surface area (Å²) < 4.78 is 16.8. The number of carbonyl (C=O) groups is 3. The molecule has 0 N–H and O–H groups in total. The predicted molar refractivity (Wildman–Crippen MR) is 297 cm³/mol. The monoisotopic (exact) mass is 955 g/mol. The highest BCUT2D eigenvalue weighted by atomic mass is 16.6. The molecule has 0 amide bonds. The molecule has 0 aliphatic rings. The fourth-order valence-corrected chi connectivity index (χ4v) is 7.40. The molecule has 0 aliphatic carbocycles. The van der Waals surface area contributed by atoms with Crippen LogP contribution in [0.15, 0.2) is 122 Å². The summed E-state index contributed by atoms with van der Waals surface area (Å²) in [4.78, 5) is 38.1. The quantitative estimate of drug-likeness (QED) is 0.0262. The Kier molecular flexibility index (Phi) is 53.0. The van der Waals surface area contributed by atoms with Gasteiger partial charge in [-0.1, -0.05) is 251 Å². The molecular formula is C63H102O6. The number of unbranched alkanes of at least 4 members (excludes halogenated alkanes) is 25. The van der Waals surface area contributed by atoms with Crippen LogP contribution in [-0.2, 0) is 28.6 Å². The second-order valence-electron chi connectivity index (χ2n) is 18.3. The van der Waals surface area contributed by atoms with Crippen LogP contribution in [0.5, 0.6) is 0 Å². The minimum absolute atomic E-state index is 0.108. The molecule has 0 aromatic heterocycles. The topological polar surface area (TPSA) is 78.9 Å². The van der Waals surface area contributed by atoms with Gasteiger partial charge in [-0.3, -0.25) is 14.4 Å². The standard InChI is InChI=1S/C63H102O6/c1-4-7-10-13-16-19-22-25-28-30-32-35-38-41-44-47-50-53-56-62(65)68-59-60(58-67-61(64)55-52-49-46-43-40-37-34-27-24-21-18-15-12-9-6-3)69-63(66)57-54-51-48-45-42-39-36-33-31-29-26-23-20-17-14-11-8-5-2/h9,12,15,18,21-36,60H,4-8,10-11,13-14,16-17,19-20,37-59H2,1-3H3/b12-9-,18-15-,24-21-,25-22-,26-23-,30-28-,31-29-,34-27-,35-32-,36-33-. The molecule has 1 atom stereocenters. The fourth-order valence-electron chi connectivity index (χ4n) is 7.40. The van der Waals surface area contributed by atoms with E-state index in [0.717, 1.165) is 135 Å². The van der Waals surface area contributed by atoms with Crippen molar-refractivity contribution in [1.82, 2.24) is 0 Å². The fraction of sp³-hybridized carbons (Fsp3) is 0.635. The Morgan fingerprint density at radius 3 is 0.884 bits per heavy atom. The molecule has 0 aromatic rings. The lowest BCUT2D eigenvalue weighted by atomic mass is 10.1. The van der Waals surface area contributed by atoms with E-state index in [4.69, 9.17) is 14.2 Å².